The van der Waals surface area contributed by atoms with E-state index in [0.717, 1.165) is 5.92 Å². The fourth-order valence-corrected chi connectivity index (χ4v) is 3.10. The number of likely N-dealkylation sites (N-methyl/N-ethyl adjacent to an activating group) is 1. The van der Waals surface area contributed by atoms with Crippen molar-refractivity contribution >= 4 is 0 Å². The molecule has 2 aliphatic rings. The maximum absolute atomic E-state index is 3.52. The van der Waals surface area contributed by atoms with Crippen molar-refractivity contribution in [3.8, 4) is 0 Å². The molecule has 0 aromatic rings. The van der Waals surface area contributed by atoms with E-state index in [0.29, 0.717) is 0 Å². The van der Waals surface area contributed by atoms with E-state index in [1.165, 1.54) is 77.9 Å². The molecule has 3 heteroatoms. The molecule has 0 radical (unpaired) electrons. The Bertz CT molecular complexity index is 202. The largest absolute Gasteiger partial charge is 0.316 e. The van der Waals surface area contributed by atoms with Crippen molar-refractivity contribution in [2.24, 2.45) is 5.92 Å². The summed E-state index contributed by atoms with van der Waals surface area (Å²) < 4.78 is 0. The zero-order valence-electron chi connectivity index (χ0n) is 11.5. The molecule has 0 amide bonds. The summed E-state index contributed by atoms with van der Waals surface area (Å²) >= 11 is 0. The lowest BCUT2D eigenvalue weighted by molar-refractivity contribution is 0.256. The lowest BCUT2D eigenvalue weighted by Gasteiger charge is -2.25. The summed E-state index contributed by atoms with van der Waals surface area (Å²) in [6, 6.07) is 0. The molecule has 1 atom stereocenters. The third-order valence-corrected chi connectivity index (χ3v) is 4.30. The van der Waals surface area contributed by atoms with Crippen LogP contribution in [0.15, 0.2) is 0 Å². The standard InChI is InChI=1S/C14H29N3/c1-16-8-4-10-17(12-11-16)9-3-6-14-5-2-7-15-13-14/h14-15H,2-13H2,1H3. The molecule has 2 heterocycles. The predicted octanol–water partition coefficient (Wildman–Crippen LogP) is 1.40. The van der Waals surface area contributed by atoms with Gasteiger partial charge in [-0.15, -0.1) is 0 Å². The van der Waals surface area contributed by atoms with Crippen LogP contribution in [-0.4, -0.2) is 62.7 Å². The molecule has 0 aliphatic carbocycles. The van der Waals surface area contributed by atoms with Gasteiger partial charge in [0.2, 0.25) is 0 Å². The molecule has 100 valence electrons. The third kappa shape index (κ3) is 4.94. The fraction of sp³-hybridized carbons (Fsp3) is 1.00. The van der Waals surface area contributed by atoms with Crippen LogP contribution in [-0.2, 0) is 0 Å². The van der Waals surface area contributed by atoms with Gasteiger partial charge in [-0.2, -0.15) is 0 Å². The summed E-state index contributed by atoms with van der Waals surface area (Å²) in [5, 5.41) is 3.52. The van der Waals surface area contributed by atoms with Crippen LogP contribution in [0.1, 0.15) is 32.1 Å². The van der Waals surface area contributed by atoms with E-state index in [1.54, 1.807) is 0 Å². The van der Waals surface area contributed by atoms with Crippen molar-refractivity contribution in [1.29, 1.82) is 0 Å². The molecule has 3 nitrogen and oxygen atoms in total. The first-order chi connectivity index (χ1) is 8.34. The molecular weight excluding hydrogens is 210 g/mol. The molecule has 0 spiro atoms. The van der Waals surface area contributed by atoms with Crippen LogP contribution in [0, 0.1) is 5.92 Å². The van der Waals surface area contributed by atoms with Gasteiger partial charge in [0.1, 0.15) is 0 Å². The zero-order chi connectivity index (χ0) is 11.9. The first kappa shape index (κ1) is 13.3. The normalized spacial score (nSPS) is 29.1. The summed E-state index contributed by atoms with van der Waals surface area (Å²) in [4.78, 5) is 5.13. The maximum atomic E-state index is 3.52. The Morgan fingerprint density at radius 2 is 2.06 bits per heavy atom. The Kier molecular flexibility index (Phi) is 5.75. The second-order valence-electron chi connectivity index (χ2n) is 5.85. The number of piperidine rings is 1. The van der Waals surface area contributed by atoms with E-state index < -0.39 is 0 Å². The topological polar surface area (TPSA) is 18.5 Å². The highest BCUT2D eigenvalue weighted by Crippen LogP contribution is 2.16. The van der Waals surface area contributed by atoms with Gasteiger partial charge in [-0.05, 0) is 77.8 Å². The van der Waals surface area contributed by atoms with Crippen molar-refractivity contribution in [2.45, 2.75) is 32.1 Å². The quantitative estimate of drug-likeness (QED) is 0.800. The zero-order valence-corrected chi connectivity index (χ0v) is 11.5. The van der Waals surface area contributed by atoms with Gasteiger partial charge in [0.25, 0.3) is 0 Å². The molecule has 0 aromatic carbocycles. The lowest BCUT2D eigenvalue weighted by atomic mass is 9.94. The van der Waals surface area contributed by atoms with Crippen LogP contribution in [0.2, 0.25) is 0 Å². The molecule has 1 N–H and O–H groups in total. The molecule has 2 aliphatic heterocycles. The maximum Gasteiger partial charge on any atom is 0.0109 e. The van der Waals surface area contributed by atoms with Crippen LogP contribution < -0.4 is 5.32 Å². The predicted molar refractivity (Wildman–Crippen MR) is 73.4 cm³/mol. The van der Waals surface area contributed by atoms with Gasteiger partial charge in [0.05, 0.1) is 0 Å². The first-order valence-corrected chi connectivity index (χ1v) is 7.46. The van der Waals surface area contributed by atoms with E-state index in [-0.39, 0.29) is 0 Å². The highest BCUT2D eigenvalue weighted by molar-refractivity contribution is 4.71. The summed E-state index contributed by atoms with van der Waals surface area (Å²) in [5.41, 5.74) is 0. The highest BCUT2D eigenvalue weighted by atomic mass is 15.2. The number of hydrogen-bond donors (Lipinski definition) is 1. The number of rotatable bonds is 4. The van der Waals surface area contributed by atoms with E-state index in [1.807, 2.05) is 0 Å². The first-order valence-electron chi connectivity index (χ1n) is 7.46. The second kappa shape index (κ2) is 7.34. The van der Waals surface area contributed by atoms with Gasteiger partial charge in [-0.25, -0.2) is 0 Å². The summed E-state index contributed by atoms with van der Waals surface area (Å²) in [7, 11) is 2.25. The van der Waals surface area contributed by atoms with Gasteiger partial charge < -0.3 is 15.1 Å². The van der Waals surface area contributed by atoms with Crippen molar-refractivity contribution < 1.29 is 0 Å². The number of nitrogens with one attached hydrogen (secondary N) is 1. The molecule has 2 fully saturated rings. The molecule has 0 saturated carbocycles. The molecule has 0 bridgehead atoms. The van der Waals surface area contributed by atoms with E-state index in [9.17, 15) is 0 Å². The van der Waals surface area contributed by atoms with Crippen LogP contribution in [0.4, 0.5) is 0 Å². The lowest BCUT2D eigenvalue weighted by Crippen LogP contribution is -2.32. The average molecular weight is 239 g/mol. The minimum atomic E-state index is 0.957. The molecule has 2 rings (SSSR count). The minimum absolute atomic E-state index is 0.957. The summed E-state index contributed by atoms with van der Waals surface area (Å²) in [5.74, 6) is 0.957. The van der Waals surface area contributed by atoms with Crippen molar-refractivity contribution in [3.05, 3.63) is 0 Å². The Morgan fingerprint density at radius 1 is 1.12 bits per heavy atom. The van der Waals surface area contributed by atoms with Crippen LogP contribution in [0.25, 0.3) is 0 Å². The summed E-state index contributed by atoms with van der Waals surface area (Å²) in [6.07, 6.45) is 7.02. The summed E-state index contributed by atoms with van der Waals surface area (Å²) in [6.45, 7) is 8.96. The van der Waals surface area contributed by atoms with Gasteiger partial charge >= 0.3 is 0 Å². The van der Waals surface area contributed by atoms with Crippen LogP contribution >= 0.6 is 0 Å². The van der Waals surface area contributed by atoms with Crippen LogP contribution in [0.5, 0.6) is 0 Å². The number of nitrogens with zero attached hydrogens (tertiary/aromatic N) is 2. The second-order valence-corrected chi connectivity index (χ2v) is 5.85. The smallest absolute Gasteiger partial charge is 0.0109 e. The van der Waals surface area contributed by atoms with E-state index >= 15 is 0 Å². The van der Waals surface area contributed by atoms with Gasteiger partial charge in [-0.1, -0.05) is 0 Å². The Morgan fingerprint density at radius 3 is 2.88 bits per heavy atom. The van der Waals surface area contributed by atoms with Gasteiger partial charge in [0.15, 0.2) is 0 Å². The number of hydrogen-bond acceptors (Lipinski definition) is 3. The Labute approximate surface area is 107 Å². The molecule has 0 aromatic heterocycles. The van der Waals surface area contributed by atoms with Gasteiger partial charge in [-0.3, -0.25) is 0 Å². The molecule has 2 saturated heterocycles. The van der Waals surface area contributed by atoms with Crippen molar-refractivity contribution in [1.82, 2.24) is 15.1 Å². The highest BCUT2D eigenvalue weighted by Gasteiger charge is 2.14. The molecular formula is C14H29N3. The average Bonchev–Trinajstić information content (AvgIpc) is 2.56. The van der Waals surface area contributed by atoms with Crippen LogP contribution in [0.3, 0.4) is 0 Å². The van der Waals surface area contributed by atoms with Crippen molar-refractivity contribution in [2.75, 3.05) is 52.9 Å². The van der Waals surface area contributed by atoms with E-state index in [4.69, 9.17) is 0 Å². The third-order valence-electron chi connectivity index (χ3n) is 4.30. The minimum Gasteiger partial charge on any atom is -0.316 e. The molecule has 17 heavy (non-hydrogen) atoms. The van der Waals surface area contributed by atoms with E-state index in [2.05, 4.69) is 22.2 Å². The Hall–Kier alpha value is -0.120. The monoisotopic (exact) mass is 239 g/mol. The van der Waals surface area contributed by atoms with Gasteiger partial charge in [0, 0.05) is 13.1 Å². The SMILES string of the molecule is CN1CCCN(CCCC2CCCNC2)CC1. The van der Waals surface area contributed by atoms with Crippen molar-refractivity contribution in [3.63, 3.8) is 0 Å². The Balaban J connectivity index is 1.57. The molecule has 1 unspecified atom stereocenters. The fourth-order valence-electron chi connectivity index (χ4n) is 3.10.